The third kappa shape index (κ3) is 7.42. The number of halogens is 3. The van der Waals surface area contributed by atoms with Gasteiger partial charge in [0.05, 0.1) is 12.2 Å². The number of benzene rings is 2. The van der Waals surface area contributed by atoms with Crippen LogP contribution in [0.25, 0.3) is 11.4 Å². The number of rotatable bonds is 11. The third-order valence-corrected chi connectivity index (χ3v) is 4.98. The highest BCUT2D eigenvalue weighted by Crippen LogP contribution is 2.31. The van der Waals surface area contributed by atoms with Crippen molar-refractivity contribution in [3.05, 3.63) is 71.6 Å². The Labute approximate surface area is 190 Å². The highest BCUT2D eigenvalue weighted by atomic mass is 19.4. The number of carbonyl (C=O) groups is 1. The quantitative estimate of drug-likeness (QED) is 0.395. The van der Waals surface area contributed by atoms with E-state index < -0.39 is 11.7 Å². The van der Waals surface area contributed by atoms with Crippen LogP contribution in [0, 0.1) is 0 Å². The normalized spacial score (nSPS) is 11.5. The fourth-order valence-corrected chi connectivity index (χ4v) is 3.17. The van der Waals surface area contributed by atoms with Crippen molar-refractivity contribution in [1.82, 2.24) is 15.0 Å². The molecular weight excluding hydrogens is 435 g/mol. The summed E-state index contributed by atoms with van der Waals surface area (Å²) in [7, 11) is 0. The van der Waals surface area contributed by atoms with Crippen LogP contribution in [0.4, 0.5) is 13.2 Å². The minimum Gasteiger partial charge on any atom is -0.367 e. The second-order valence-corrected chi connectivity index (χ2v) is 7.55. The zero-order valence-electron chi connectivity index (χ0n) is 18.3. The Bertz CT molecular complexity index is 1020. The Morgan fingerprint density at radius 3 is 2.61 bits per heavy atom. The molecule has 0 saturated heterocycles. The minimum atomic E-state index is -4.45. The van der Waals surface area contributed by atoms with Crippen molar-refractivity contribution in [3.63, 3.8) is 0 Å². The number of aromatic nitrogens is 2. The van der Waals surface area contributed by atoms with Gasteiger partial charge in [-0.15, -0.1) is 0 Å². The van der Waals surface area contributed by atoms with E-state index in [2.05, 4.69) is 10.1 Å². The molecule has 0 atom stereocenters. The smallest absolute Gasteiger partial charge is 0.367 e. The summed E-state index contributed by atoms with van der Waals surface area (Å²) in [6.45, 7) is 3.25. The van der Waals surface area contributed by atoms with Crippen molar-refractivity contribution in [2.75, 3.05) is 19.7 Å². The van der Waals surface area contributed by atoms with Crippen LogP contribution in [0.15, 0.2) is 59.1 Å². The molecule has 176 valence electrons. The Kier molecular flexibility index (Phi) is 8.59. The molecule has 0 N–H and O–H groups in total. The molecule has 6 nitrogen and oxygen atoms in total. The van der Waals surface area contributed by atoms with Gasteiger partial charge < -0.3 is 14.2 Å². The second-order valence-electron chi connectivity index (χ2n) is 7.55. The molecule has 9 heteroatoms. The topological polar surface area (TPSA) is 68.5 Å². The molecule has 0 aliphatic heterocycles. The van der Waals surface area contributed by atoms with Crippen LogP contribution >= 0.6 is 0 Å². The first kappa shape index (κ1) is 24.4. The summed E-state index contributed by atoms with van der Waals surface area (Å²) in [4.78, 5) is 18.5. The largest absolute Gasteiger partial charge is 0.416 e. The summed E-state index contributed by atoms with van der Waals surface area (Å²) in [5.41, 5.74) is 0.421. The number of hydrogen-bond acceptors (Lipinski definition) is 5. The first-order valence-electron chi connectivity index (χ1n) is 10.8. The number of unbranched alkanes of at least 4 members (excludes halogenated alkanes) is 1. The molecule has 0 bridgehead atoms. The van der Waals surface area contributed by atoms with E-state index in [1.807, 2.05) is 37.3 Å². The van der Waals surface area contributed by atoms with Gasteiger partial charge in [0.1, 0.15) is 6.61 Å². The van der Waals surface area contributed by atoms with Gasteiger partial charge in [0, 0.05) is 25.1 Å². The fraction of sp³-hybridized carbons (Fsp3) is 0.375. The molecule has 1 amide bonds. The summed E-state index contributed by atoms with van der Waals surface area (Å²) in [5.74, 6) is 0.188. The molecule has 0 spiro atoms. The van der Waals surface area contributed by atoms with Crippen molar-refractivity contribution in [2.45, 2.75) is 39.0 Å². The molecule has 3 aromatic rings. The van der Waals surface area contributed by atoms with Crippen LogP contribution in [-0.2, 0) is 28.7 Å². The first-order valence-corrected chi connectivity index (χ1v) is 10.8. The van der Waals surface area contributed by atoms with Gasteiger partial charge in [0.15, 0.2) is 0 Å². The second kappa shape index (κ2) is 11.6. The first-order chi connectivity index (χ1) is 15.9. The van der Waals surface area contributed by atoms with E-state index in [-0.39, 0.29) is 29.8 Å². The molecule has 0 aliphatic rings. The average molecular weight is 461 g/mol. The minimum absolute atomic E-state index is 0.0437. The molecule has 3 rings (SSSR count). The Morgan fingerprint density at radius 1 is 1.09 bits per heavy atom. The maximum atomic E-state index is 12.9. The van der Waals surface area contributed by atoms with E-state index in [4.69, 9.17) is 9.26 Å². The maximum absolute atomic E-state index is 12.9. The summed E-state index contributed by atoms with van der Waals surface area (Å²) in [6, 6.07) is 14.3. The molecule has 1 heterocycles. The van der Waals surface area contributed by atoms with E-state index in [0.29, 0.717) is 26.1 Å². The van der Waals surface area contributed by atoms with Gasteiger partial charge in [-0.05, 0) is 24.1 Å². The van der Waals surface area contributed by atoms with E-state index in [1.165, 1.54) is 12.1 Å². The molecule has 0 fully saturated rings. The van der Waals surface area contributed by atoms with Crippen LogP contribution in [0.5, 0.6) is 0 Å². The van der Waals surface area contributed by atoms with E-state index in [0.717, 1.165) is 30.5 Å². The van der Waals surface area contributed by atoms with Crippen molar-refractivity contribution < 1.29 is 27.2 Å². The van der Waals surface area contributed by atoms with Crippen LogP contribution in [-0.4, -0.2) is 40.6 Å². The lowest BCUT2D eigenvalue weighted by molar-refractivity contribution is -0.138. The Hall–Kier alpha value is -3.20. The molecule has 2 aromatic carbocycles. The van der Waals surface area contributed by atoms with Crippen LogP contribution in [0.2, 0.25) is 0 Å². The summed E-state index contributed by atoms with van der Waals surface area (Å²) >= 11 is 0. The number of ether oxygens (including phenoxy) is 1. The van der Waals surface area contributed by atoms with Crippen LogP contribution < -0.4 is 0 Å². The van der Waals surface area contributed by atoms with Gasteiger partial charge in [0.2, 0.25) is 17.6 Å². The van der Waals surface area contributed by atoms with E-state index in [9.17, 15) is 18.0 Å². The van der Waals surface area contributed by atoms with Crippen molar-refractivity contribution in [1.29, 1.82) is 0 Å². The van der Waals surface area contributed by atoms with Gasteiger partial charge in [-0.3, -0.25) is 4.79 Å². The standard InChI is InChI=1S/C24H26F3N3O3/c1-2-3-13-30(22(31)17-32-16-18-8-5-4-6-9-18)14-12-21-28-23(29-33-21)19-10-7-11-20(15-19)24(25,26)27/h4-11,15H,2-3,12-14,16-17H2,1H3. The summed E-state index contributed by atoms with van der Waals surface area (Å²) < 4.78 is 49.6. The lowest BCUT2D eigenvalue weighted by Crippen LogP contribution is -2.36. The number of alkyl halides is 3. The van der Waals surface area contributed by atoms with Gasteiger partial charge in [-0.25, -0.2) is 0 Å². The van der Waals surface area contributed by atoms with Gasteiger partial charge >= 0.3 is 6.18 Å². The lowest BCUT2D eigenvalue weighted by atomic mass is 10.1. The Morgan fingerprint density at radius 2 is 1.88 bits per heavy atom. The number of carbonyl (C=O) groups excluding carboxylic acids is 1. The van der Waals surface area contributed by atoms with Gasteiger partial charge in [0.25, 0.3) is 0 Å². The van der Waals surface area contributed by atoms with E-state index >= 15 is 0 Å². The maximum Gasteiger partial charge on any atom is 0.416 e. The molecule has 0 aliphatic carbocycles. The SMILES string of the molecule is CCCCN(CCc1nc(-c2cccc(C(F)(F)F)c2)no1)C(=O)COCc1ccccc1. The predicted octanol–water partition coefficient (Wildman–Crippen LogP) is 5.14. The molecule has 1 aromatic heterocycles. The van der Waals surface area contributed by atoms with E-state index in [1.54, 1.807) is 4.90 Å². The highest BCUT2D eigenvalue weighted by Gasteiger charge is 2.30. The van der Waals surface area contributed by atoms with Crippen molar-refractivity contribution >= 4 is 5.91 Å². The number of hydrogen-bond donors (Lipinski definition) is 0. The van der Waals surface area contributed by atoms with Crippen molar-refractivity contribution in [3.8, 4) is 11.4 Å². The molecule has 0 radical (unpaired) electrons. The van der Waals surface area contributed by atoms with Gasteiger partial charge in [-0.2, -0.15) is 18.2 Å². The summed E-state index contributed by atoms with van der Waals surface area (Å²) in [6.07, 6.45) is -2.40. The third-order valence-electron chi connectivity index (χ3n) is 4.98. The zero-order valence-corrected chi connectivity index (χ0v) is 18.3. The predicted molar refractivity (Wildman–Crippen MR) is 116 cm³/mol. The molecule has 0 saturated carbocycles. The average Bonchev–Trinajstić information content (AvgIpc) is 3.28. The summed E-state index contributed by atoms with van der Waals surface area (Å²) in [5, 5.41) is 3.80. The fourth-order valence-electron chi connectivity index (χ4n) is 3.17. The Balaban J connectivity index is 1.57. The molecular formula is C24H26F3N3O3. The number of amides is 1. The van der Waals surface area contributed by atoms with Crippen molar-refractivity contribution in [2.24, 2.45) is 0 Å². The van der Waals surface area contributed by atoms with Crippen LogP contribution in [0.1, 0.15) is 36.8 Å². The molecule has 33 heavy (non-hydrogen) atoms. The monoisotopic (exact) mass is 461 g/mol. The molecule has 0 unspecified atom stereocenters. The highest BCUT2D eigenvalue weighted by molar-refractivity contribution is 5.77. The number of nitrogens with zero attached hydrogens (tertiary/aromatic N) is 3. The van der Waals surface area contributed by atoms with Gasteiger partial charge in [-0.1, -0.05) is 61.0 Å². The zero-order chi connectivity index (χ0) is 23.7. The lowest BCUT2D eigenvalue weighted by Gasteiger charge is -2.21. The van der Waals surface area contributed by atoms with Crippen LogP contribution in [0.3, 0.4) is 0 Å².